The number of aromatic nitrogens is 2. The van der Waals surface area contributed by atoms with Gasteiger partial charge in [0.05, 0.1) is 30.2 Å². The van der Waals surface area contributed by atoms with E-state index >= 15 is 0 Å². The van der Waals surface area contributed by atoms with Gasteiger partial charge >= 0.3 is 0 Å². The number of hydrogen-bond acceptors (Lipinski definition) is 5. The molecule has 2 aliphatic heterocycles. The summed E-state index contributed by atoms with van der Waals surface area (Å²) in [5, 5.41) is 0. The Labute approximate surface area is 140 Å². The summed E-state index contributed by atoms with van der Waals surface area (Å²) >= 11 is 0. The monoisotopic (exact) mass is 325 g/mol. The van der Waals surface area contributed by atoms with E-state index in [0.717, 1.165) is 24.2 Å². The highest BCUT2D eigenvalue weighted by atomic mass is 16.7. The second-order valence-corrected chi connectivity index (χ2v) is 6.05. The highest BCUT2D eigenvalue weighted by Gasteiger charge is 2.40. The molecule has 6 heteroatoms. The molecule has 0 radical (unpaired) electrons. The van der Waals surface area contributed by atoms with E-state index in [1.807, 2.05) is 35.2 Å². The van der Waals surface area contributed by atoms with Crippen LogP contribution in [0.4, 0.5) is 0 Å². The Kier molecular flexibility index (Phi) is 4.00. The van der Waals surface area contributed by atoms with Gasteiger partial charge in [0.1, 0.15) is 0 Å². The van der Waals surface area contributed by atoms with Crippen LogP contribution in [-0.4, -0.2) is 52.9 Å². The highest BCUT2D eigenvalue weighted by molar-refractivity contribution is 5.94. The van der Waals surface area contributed by atoms with Crippen LogP contribution in [0, 0.1) is 0 Å². The number of carbonyl (C=O) groups is 1. The lowest BCUT2D eigenvalue weighted by atomic mass is 10.0. The first-order valence-electron chi connectivity index (χ1n) is 8.20. The van der Waals surface area contributed by atoms with E-state index in [4.69, 9.17) is 9.47 Å². The number of piperidine rings is 1. The third kappa shape index (κ3) is 2.90. The summed E-state index contributed by atoms with van der Waals surface area (Å²) in [7, 11) is 0. The van der Waals surface area contributed by atoms with Crippen molar-refractivity contribution in [1.29, 1.82) is 0 Å². The number of amides is 1. The van der Waals surface area contributed by atoms with Crippen molar-refractivity contribution in [3.8, 4) is 11.4 Å². The maximum atomic E-state index is 12.6. The zero-order valence-electron chi connectivity index (χ0n) is 13.4. The predicted molar refractivity (Wildman–Crippen MR) is 87.2 cm³/mol. The van der Waals surface area contributed by atoms with Crippen LogP contribution in [0.15, 0.2) is 42.7 Å². The SMILES string of the molecule is O=C(c1ccc(-c2ccccn2)nc1)N1CCC2(CC1)OCCO2. The Bertz CT molecular complexity index is 702. The quantitative estimate of drug-likeness (QED) is 0.846. The average molecular weight is 325 g/mol. The largest absolute Gasteiger partial charge is 0.347 e. The summed E-state index contributed by atoms with van der Waals surface area (Å²) in [6.07, 6.45) is 4.79. The molecule has 2 aliphatic rings. The maximum absolute atomic E-state index is 12.6. The standard InChI is InChI=1S/C18H19N3O3/c22-17(21-9-6-18(7-10-21)23-11-12-24-18)14-4-5-16(20-13-14)15-3-1-2-8-19-15/h1-5,8,13H,6-7,9-12H2. The Morgan fingerprint density at radius 1 is 1.00 bits per heavy atom. The molecule has 2 aromatic rings. The first-order valence-corrected chi connectivity index (χ1v) is 8.20. The molecule has 124 valence electrons. The zero-order chi connectivity index (χ0) is 16.4. The molecule has 0 N–H and O–H groups in total. The third-order valence-electron chi connectivity index (χ3n) is 4.56. The number of ether oxygens (including phenoxy) is 2. The van der Waals surface area contributed by atoms with Crippen LogP contribution in [0.1, 0.15) is 23.2 Å². The van der Waals surface area contributed by atoms with Gasteiger partial charge < -0.3 is 14.4 Å². The van der Waals surface area contributed by atoms with Gasteiger partial charge in [-0.2, -0.15) is 0 Å². The second kappa shape index (κ2) is 6.30. The van der Waals surface area contributed by atoms with Crippen LogP contribution in [0.3, 0.4) is 0 Å². The Hall–Kier alpha value is -2.31. The van der Waals surface area contributed by atoms with Crippen molar-refractivity contribution < 1.29 is 14.3 Å². The number of hydrogen-bond donors (Lipinski definition) is 0. The summed E-state index contributed by atoms with van der Waals surface area (Å²) in [4.78, 5) is 23.1. The molecule has 1 spiro atoms. The zero-order valence-corrected chi connectivity index (χ0v) is 13.4. The highest BCUT2D eigenvalue weighted by Crippen LogP contribution is 2.31. The summed E-state index contributed by atoms with van der Waals surface area (Å²) in [5.74, 6) is -0.458. The van der Waals surface area contributed by atoms with E-state index in [0.29, 0.717) is 31.9 Å². The van der Waals surface area contributed by atoms with Crippen molar-refractivity contribution in [2.45, 2.75) is 18.6 Å². The fraction of sp³-hybridized carbons (Fsp3) is 0.389. The number of pyridine rings is 2. The minimum absolute atomic E-state index is 0.00270. The third-order valence-corrected chi connectivity index (χ3v) is 4.56. The van der Waals surface area contributed by atoms with Crippen LogP contribution in [0.2, 0.25) is 0 Å². The molecular weight excluding hydrogens is 306 g/mol. The van der Waals surface area contributed by atoms with Crippen LogP contribution < -0.4 is 0 Å². The lowest BCUT2D eigenvalue weighted by Crippen LogP contribution is -2.47. The summed E-state index contributed by atoms with van der Waals surface area (Å²) < 4.78 is 11.4. The smallest absolute Gasteiger partial charge is 0.255 e. The van der Waals surface area contributed by atoms with Crippen LogP contribution >= 0.6 is 0 Å². The molecule has 4 heterocycles. The summed E-state index contributed by atoms with van der Waals surface area (Å²) in [6, 6.07) is 9.33. The van der Waals surface area contributed by atoms with Gasteiger partial charge in [-0.05, 0) is 24.3 Å². The topological polar surface area (TPSA) is 64.6 Å². The molecular formula is C18H19N3O3. The molecule has 0 aliphatic carbocycles. The molecule has 0 atom stereocenters. The van der Waals surface area contributed by atoms with Gasteiger partial charge in [0.2, 0.25) is 0 Å². The van der Waals surface area contributed by atoms with Crippen LogP contribution in [-0.2, 0) is 9.47 Å². The molecule has 0 bridgehead atoms. The van der Waals surface area contributed by atoms with E-state index in [1.165, 1.54) is 0 Å². The van der Waals surface area contributed by atoms with Crippen molar-refractivity contribution in [3.05, 3.63) is 48.3 Å². The summed E-state index contributed by atoms with van der Waals surface area (Å²) in [6.45, 7) is 2.57. The minimum atomic E-state index is -0.460. The summed E-state index contributed by atoms with van der Waals surface area (Å²) in [5.41, 5.74) is 2.16. The molecule has 0 saturated carbocycles. The molecule has 2 aromatic heterocycles. The molecule has 4 rings (SSSR count). The molecule has 0 aromatic carbocycles. The molecule has 1 amide bonds. The van der Waals surface area contributed by atoms with E-state index < -0.39 is 5.79 Å². The number of nitrogens with zero attached hydrogens (tertiary/aromatic N) is 3. The van der Waals surface area contributed by atoms with Gasteiger partial charge in [0, 0.05) is 38.3 Å². The lowest BCUT2D eigenvalue weighted by Gasteiger charge is -2.37. The van der Waals surface area contributed by atoms with Gasteiger partial charge in [0.25, 0.3) is 5.91 Å². The van der Waals surface area contributed by atoms with Gasteiger partial charge in [-0.3, -0.25) is 14.8 Å². The minimum Gasteiger partial charge on any atom is -0.347 e. The van der Waals surface area contributed by atoms with Gasteiger partial charge in [-0.1, -0.05) is 6.07 Å². The Morgan fingerprint density at radius 3 is 2.38 bits per heavy atom. The average Bonchev–Trinajstić information content (AvgIpc) is 3.11. The fourth-order valence-electron chi connectivity index (χ4n) is 3.20. The van der Waals surface area contributed by atoms with E-state index in [1.54, 1.807) is 12.4 Å². The Balaban J connectivity index is 1.43. The first kappa shape index (κ1) is 15.2. The fourth-order valence-corrected chi connectivity index (χ4v) is 3.20. The van der Waals surface area contributed by atoms with Crippen molar-refractivity contribution in [1.82, 2.24) is 14.9 Å². The van der Waals surface area contributed by atoms with E-state index in [2.05, 4.69) is 9.97 Å². The van der Waals surface area contributed by atoms with Crippen molar-refractivity contribution in [2.75, 3.05) is 26.3 Å². The van der Waals surface area contributed by atoms with Crippen molar-refractivity contribution in [3.63, 3.8) is 0 Å². The van der Waals surface area contributed by atoms with E-state index in [-0.39, 0.29) is 5.91 Å². The number of rotatable bonds is 2. The normalized spacial score (nSPS) is 19.6. The molecule has 2 saturated heterocycles. The van der Waals surface area contributed by atoms with Gasteiger partial charge in [0.15, 0.2) is 5.79 Å². The van der Waals surface area contributed by atoms with Crippen LogP contribution in [0.5, 0.6) is 0 Å². The maximum Gasteiger partial charge on any atom is 0.255 e. The van der Waals surface area contributed by atoms with Crippen LogP contribution in [0.25, 0.3) is 11.4 Å². The first-order chi connectivity index (χ1) is 11.8. The number of likely N-dealkylation sites (tertiary alicyclic amines) is 1. The van der Waals surface area contributed by atoms with Gasteiger partial charge in [-0.25, -0.2) is 0 Å². The van der Waals surface area contributed by atoms with Crippen molar-refractivity contribution in [2.24, 2.45) is 0 Å². The van der Waals surface area contributed by atoms with E-state index in [9.17, 15) is 4.79 Å². The molecule has 0 unspecified atom stereocenters. The lowest BCUT2D eigenvalue weighted by molar-refractivity contribution is -0.181. The van der Waals surface area contributed by atoms with Crippen molar-refractivity contribution >= 4 is 5.91 Å². The van der Waals surface area contributed by atoms with Gasteiger partial charge in [-0.15, -0.1) is 0 Å². The molecule has 6 nitrogen and oxygen atoms in total. The predicted octanol–water partition coefficient (Wildman–Crippen LogP) is 2.12. The molecule has 2 fully saturated rings. The number of carbonyl (C=O) groups excluding carboxylic acids is 1. The Morgan fingerprint density at radius 2 is 1.75 bits per heavy atom. The second-order valence-electron chi connectivity index (χ2n) is 6.05. The molecule has 24 heavy (non-hydrogen) atoms.